The molecule has 2 aromatic rings. The first-order valence-corrected chi connectivity index (χ1v) is 7.39. The molecular weight excluding hydrogens is 287 g/mol. The van der Waals surface area contributed by atoms with E-state index in [0.29, 0.717) is 16.5 Å². The van der Waals surface area contributed by atoms with Crippen LogP contribution < -0.4 is 11.3 Å². The van der Waals surface area contributed by atoms with Gasteiger partial charge in [0.05, 0.1) is 6.04 Å². The van der Waals surface area contributed by atoms with Crippen molar-refractivity contribution < 1.29 is 4.39 Å². The Labute approximate surface area is 130 Å². The summed E-state index contributed by atoms with van der Waals surface area (Å²) in [6.07, 6.45) is 0.980. The fourth-order valence-electron chi connectivity index (χ4n) is 2.47. The predicted molar refractivity (Wildman–Crippen MR) is 85.6 cm³/mol. The number of halogens is 2. The highest BCUT2D eigenvalue weighted by molar-refractivity contribution is 6.30. The number of hydrogen-bond acceptors (Lipinski definition) is 2. The van der Waals surface area contributed by atoms with Crippen LogP contribution in [-0.4, -0.2) is 0 Å². The number of hydrazine groups is 1. The van der Waals surface area contributed by atoms with E-state index in [-0.39, 0.29) is 5.82 Å². The third-order valence-corrected chi connectivity index (χ3v) is 3.60. The Kier molecular flexibility index (Phi) is 5.34. The van der Waals surface area contributed by atoms with Crippen LogP contribution in [0.15, 0.2) is 42.5 Å². The van der Waals surface area contributed by atoms with Crippen molar-refractivity contribution in [2.24, 2.45) is 11.8 Å². The summed E-state index contributed by atoms with van der Waals surface area (Å²) in [7, 11) is 0. The predicted octanol–water partition coefficient (Wildman–Crippen LogP) is 4.23. The van der Waals surface area contributed by atoms with Crippen LogP contribution in [0.1, 0.15) is 36.6 Å². The first-order chi connectivity index (χ1) is 10.0. The summed E-state index contributed by atoms with van der Waals surface area (Å²) in [5, 5.41) is 0.376. The summed E-state index contributed by atoms with van der Waals surface area (Å²) in [5.74, 6) is 5.85. The Balaban J connectivity index is 2.37. The van der Waals surface area contributed by atoms with E-state index in [9.17, 15) is 4.39 Å². The Morgan fingerprint density at radius 2 is 1.95 bits per heavy atom. The van der Waals surface area contributed by atoms with Crippen LogP contribution in [0.5, 0.6) is 0 Å². The van der Waals surface area contributed by atoms with Gasteiger partial charge in [0.1, 0.15) is 5.82 Å². The molecule has 21 heavy (non-hydrogen) atoms. The highest BCUT2D eigenvalue weighted by Crippen LogP contribution is 2.26. The van der Waals surface area contributed by atoms with Crippen molar-refractivity contribution in [3.63, 3.8) is 0 Å². The molecule has 2 rings (SSSR count). The third-order valence-electron chi connectivity index (χ3n) is 3.37. The van der Waals surface area contributed by atoms with Gasteiger partial charge in [-0.25, -0.2) is 9.82 Å². The van der Waals surface area contributed by atoms with Gasteiger partial charge in [-0.2, -0.15) is 0 Å². The summed E-state index contributed by atoms with van der Waals surface area (Å²) in [5.41, 5.74) is 5.34. The number of nitrogens with two attached hydrogens (primary N) is 1. The maximum absolute atomic E-state index is 14.1. The number of hydrogen-bond donors (Lipinski definition) is 2. The Morgan fingerprint density at radius 1 is 1.19 bits per heavy atom. The van der Waals surface area contributed by atoms with E-state index in [2.05, 4.69) is 31.4 Å². The van der Waals surface area contributed by atoms with Crippen molar-refractivity contribution in [3.8, 4) is 0 Å². The average Bonchev–Trinajstić information content (AvgIpc) is 2.41. The summed E-state index contributed by atoms with van der Waals surface area (Å²) in [6.45, 7) is 4.34. The van der Waals surface area contributed by atoms with Crippen LogP contribution in [0.4, 0.5) is 4.39 Å². The summed E-state index contributed by atoms with van der Waals surface area (Å²) < 4.78 is 14.1. The second-order valence-electron chi connectivity index (χ2n) is 5.61. The third kappa shape index (κ3) is 4.03. The molecule has 0 amide bonds. The standard InChI is InChI=1S/C17H20ClFN2/c1-11(2)8-12-4-3-5-13(9-12)17(21-20)15-7-6-14(18)10-16(15)19/h3-7,9-11,17,21H,8,20H2,1-2H3. The summed E-state index contributed by atoms with van der Waals surface area (Å²) >= 11 is 5.80. The molecule has 3 N–H and O–H groups in total. The van der Waals surface area contributed by atoms with Gasteiger partial charge in [-0.1, -0.05) is 55.8 Å². The molecule has 0 aliphatic rings. The smallest absolute Gasteiger partial charge is 0.129 e. The van der Waals surface area contributed by atoms with Crippen LogP contribution in [0, 0.1) is 11.7 Å². The molecular formula is C17H20ClFN2. The molecule has 0 radical (unpaired) electrons. The second-order valence-corrected chi connectivity index (χ2v) is 6.04. The van der Waals surface area contributed by atoms with Crippen molar-refractivity contribution in [3.05, 3.63) is 70.0 Å². The highest BCUT2D eigenvalue weighted by atomic mass is 35.5. The van der Waals surface area contributed by atoms with Crippen LogP contribution in [0.3, 0.4) is 0 Å². The van der Waals surface area contributed by atoms with Crippen LogP contribution in [0.2, 0.25) is 5.02 Å². The van der Waals surface area contributed by atoms with Gasteiger partial charge in [0.2, 0.25) is 0 Å². The second kappa shape index (κ2) is 7.03. The van der Waals surface area contributed by atoms with Gasteiger partial charge in [0.15, 0.2) is 0 Å². The number of benzene rings is 2. The van der Waals surface area contributed by atoms with E-state index in [0.717, 1.165) is 12.0 Å². The maximum Gasteiger partial charge on any atom is 0.129 e. The van der Waals surface area contributed by atoms with Gasteiger partial charge in [0, 0.05) is 10.6 Å². The molecule has 0 aliphatic carbocycles. The Morgan fingerprint density at radius 3 is 2.57 bits per heavy atom. The fourth-order valence-corrected chi connectivity index (χ4v) is 2.63. The largest absolute Gasteiger partial charge is 0.271 e. The van der Waals surface area contributed by atoms with Gasteiger partial charge in [0.25, 0.3) is 0 Å². The van der Waals surface area contributed by atoms with Crippen molar-refractivity contribution in [2.75, 3.05) is 0 Å². The van der Waals surface area contributed by atoms with E-state index in [1.807, 2.05) is 12.1 Å². The zero-order valence-corrected chi connectivity index (χ0v) is 13.0. The van der Waals surface area contributed by atoms with Gasteiger partial charge >= 0.3 is 0 Å². The molecule has 0 aromatic heterocycles. The lowest BCUT2D eigenvalue weighted by atomic mass is 9.94. The van der Waals surface area contributed by atoms with E-state index in [4.69, 9.17) is 17.4 Å². The van der Waals surface area contributed by atoms with Crippen LogP contribution >= 0.6 is 11.6 Å². The monoisotopic (exact) mass is 306 g/mol. The first-order valence-electron chi connectivity index (χ1n) is 7.01. The molecule has 0 aliphatic heterocycles. The topological polar surface area (TPSA) is 38.0 Å². The molecule has 0 bridgehead atoms. The van der Waals surface area contributed by atoms with Gasteiger partial charge in [-0.05, 0) is 35.6 Å². The number of rotatable bonds is 5. The van der Waals surface area contributed by atoms with Crippen molar-refractivity contribution >= 4 is 11.6 Å². The van der Waals surface area contributed by atoms with Crippen molar-refractivity contribution in [1.82, 2.24) is 5.43 Å². The van der Waals surface area contributed by atoms with Gasteiger partial charge in [-0.3, -0.25) is 5.84 Å². The molecule has 0 heterocycles. The Bertz CT molecular complexity index is 613. The molecule has 0 saturated heterocycles. The quantitative estimate of drug-likeness (QED) is 0.641. The highest BCUT2D eigenvalue weighted by Gasteiger charge is 2.17. The molecule has 1 atom stereocenters. The molecule has 112 valence electrons. The Hall–Kier alpha value is -1.42. The zero-order chi connectivity index (χ0) is 15.4. The van der Waals surface area contributed by atoms with Crippen LogP contribution in [0.25, 0.3) is 0 Å². The van der Waals surface area contributed by atoms with Crippen molar-refractivity contribution in [2.45, 2.75) is 26.3 Å². The summed E-state index contributed by atoms with van der Waals surface area (Å²) in [6, 6.07) is 12.3. The lowest BCUT2D eigenvalue weighted by Gasteiger charge is -2.19. The minimum absolute atomic E-state index is 0.361. The minimum Gasteiger partial charge on any atom is -0.271 e. The minimum atomic E-state index is -0.394. The molecule has 0 fully saturated rings. The lowest BCUT2D eigenvalue weighted by molar-refractivity contribution is 0.559. The van der Waals surface area contributed by atoms with Gasteiger partial charge in [-0.15, -0.1) is 0 Å². The molecule has 1 unspecified atom stereocenters. The first kappa shape index (κ1) is 16.0. The molecule has 0 saturated carbocycles. The molecule has 0 spiro atoms. The fraction of sp³-hybridized carbons (Fsp3) is 0.294. The normalized spacial score (nSPS) is 12.7. The van der Waals surface area contributed by atoms with Crippen LogP contribution in [-0.2, 0) is 6.42 Å². The van der Waals surface area contributed by atoms with E-state index in [1.54, 1.807) is 12.1 Å². The lowest BCUT2D eigenvalue weighted by Crippen LogP contribution is -2.29. The maximum atomic E-state index is 14.1. The molecule has 2 aromatic carbocycles. The van der Waals surface area contributed by atoms with E-state index >= 15 is 0 Å². The zero-order valence-electron chi connectivity index (χ0n) is 12.2. The molecule has 4 heteroatoms. The van der Waals surface area contributed by atoms with E-state index < -0.39 is 6.04 Å². The average molecular weight is 307 g/mol. The van der Waals surface area contributed by atoms with Gasteiger partial charge < -0.3 is 0 Å². The van der Waals surface area contributed by atoms with E-state index in [1.165, 1.54) is 11.6 Å². The number of nitrogens with one attached hydrogen (secondary N) is 1. The SMILES string of the molecule is CC(C)Cc1cccc(C(NN)c2ccc(Cl)cc2F)c1. The van der Waals surface area contributed by atoms with Crippen molar-refractivity contribution in [1.29, 1.82) is 0 Å². The summed E-state index contributed by atoms with van der Waals surface area (Å²) in [4.78, 5) is 0. The molecule has 2 nitrogen and oxygen atoms in total.